The highest BCUT2D eigenvalue weighted by Crippen LogP contribution is 2.28. The molecule has 0 radical (unpaired) electrons. The van der Waals surface area contributed by atoms with Crippen molar-refractivity contribution in [1.82, 2.24) is 36.1 Å². The summed E-state index contributed by atoms with van der Waals surface area (Å²) in [4.78, 5) is 91.2. The first-order chi connectivity index (χ1) is 27.6. The molecule has 0 saturated carbocycles. The lowest BCUT2D eigenvalue weighted by molar-refractivity contribution is -0.139. The topological polar surface area (TPSA) is 337 Å². The molecular weight excluding hydrogens is 785 g/mol. The van der Waals surface area contributed by atoms with Gasteiger partial charge < -0.3 is 62.6 Å². The van der Waals surface area contributed by atoms with E-state index in [1.54, 1.807) is 24.5 Å². The van der Waals surface area contributed by atoms with E-state index in [0.29, 0.717) is 16.9 Å². The smallest absolute Gasteiger partial charge is 0.330 e. The molecule has 1 aliphatic rings. The fraction of sp³-hybridized carbons (Fsp3) is 0.417. The molecule has 0 unspecified atom stereocenters. The number of nitrogens with two attached hydrogens (primary N) is 1. The zero-order valence-corrected chi connectivity index (χ0v) is 31.9. The molecule has 4 rings (SSSR count). The average molecular weight is 831 g/mol. The number of amides is 5. The number of urea groups is 1. The van der Waals surface area contributed by atoms with Crippen LogP contribution in [0.5, 0.6) is 11.5 Å². The largest absolute Gasteiger partial charge is 0.508 e. The van der Waals surface area contributed by atoms with Crippen molar-refractivity contribution in [2.75, 3.05) is 25.1 Å². The van der Waals surface area contributed by atoms with E-state index >= 15 is 0 Å². The molecule has 0 aliphatic carbocycles. The monoisotopic (exact) mass is 830 g/mol. The molecule has 314 valence electrons. The van der Waals surface area contributed by atoms with Crippen molar-refractivity contribution in [2.45, 2.75) is 68.0 Å². The molecule has 5 amide bonds. The number of nitrogens with one attached hydrogen (secondary N) is 6. The molecule has 3 aromatic rings. The fourth-order valence-corrected chi connectivity index (χ4v) is 6.33. The first-order valence-electron chi connectivity index (χ1n) is 17.8. The molecule has 22 heteroatoms. The van der Waals surface area contributed by atoms with E-state index in [1.165, 1.54) is 42.1 Å². The highest BCUT2D eigenvalue weighted by atomic mass is 32.2. The van der Waals surface area contributed by atoms with Gasteiger partial charge in [0, 0.05) is 31.8 Å². The summed E-state index contributed by atoms with van der Waals surface area (Å²) in [5, 5.41) is 62.5. The lowest BCUT2D eigenvalue weighted by Gasteiger charge is -2.25. The number of ether oxygens (including phenoxy) is 1. The summed E-state index contributed by atoms with van der Waals surface area (Å²) in [6, 6.07) is 6.29. The van der Waals surface area contributed by atoms with Crippen molar-refractivity contribution in [1.29, 1.82) is 0 Å². The Hall–Kier alpha value is -5.94. The Morgan fingerprint density at radius 2 is 1.55 bits per heavy atom. The number of rotatable bonds is 19. The number of phenols is 2. The van der Waals surface area contributed by atoms with Crippen LogP contribution in [-0.4, -0.2) is 132 Å². The van der Waals surface area contributed by atoms with Gasteiger partial charge in [-0.3, -0.25) is 28.7 Å². The first kappa shape index (κ1) is 44.8. The summed E-state index contributed by atoms with van der Waals surface area (Å²) in [6.45, 7) is -1.00. The van der Waals surface area contributed by atoms with Crippen LogP contribution in [-0.2, 0) is 36.8 Å². The normalized spacial score (nSPS) is 19.5. The van der Waals surface area contributed by atoms with Crippen LogP contribution in [0, 0.1) is 0 Å². The van der Waals surface area contributed by atoms with E-state index in [9.17, 15) is 59.1 Å². The molecule has 1 aromatic heterocycles. The number of thioether (sulfide) groups is 1. The van der Waals surface area contributed by atoms with Gasteiger partial charge in [0.2, 0.25) is 17.7 Å². The van der Waals surface area contributed by atoms with E-state index in [2.05, 4.69) is 26.6 Å². The highest BCUT2D eigenvalue weighted by Gasteiger charge is 2.44. The van der Waals surface area contributed by atoms with Crippen LogP contribution < -0.4 is 43.6 Å². The second-order valence-corrected chi connectivity index (χ2v) is 14.3. The number of aromatic nitrogens is 2. The lowest BCUT2D eigenvalue weighted by Crippen LogP contribution is -2.60. The molecule has 21 nitrogen and oxygen atoms in total. The van der Waals surface area contributed by atoms with Gasteiger partial charge in [0.1, 0.15) is 47.9 Å². The number of benzene rings is 2. The predicted octanol–water partition coefficient (Wildman–Crippen LogP) is -3.03. The Labute approximate surface area is 334 Å². The van der Waals surface area contributed by atoms with Gasteiger partial charge in [0.15, 0.2) is 6.23 Å². The van der Waals surface area contributed by atoms with E-state index in [4.69, 9.17) is 10.5 Å². The van der Waals surface area contributed by atoms with Gasteiger partial charge in [-0.05, 0) is 60.2 Å². The van der Waals surface area contributed by atoms with Crippen LogP contribution in [0.2, 0.25) is 0 Å². The van der Waals surface area contributed by atoms with Gasteiger partial charge in [-0.25, -0.2) is 14.4 Å². The second-order valence-electron chi connectivity index (χ2n) is 13.3. The van der Waals surface area contributed by atoms with Crippen LogP contribution in [0.1, 0.15) is 23.8 Å². The van der Waals surface area contributed by atoms with E-state index in [-0.39, 0.29) is 30.8 Å². The molecule has 1 fully saturated rings. The summed E-state index contributed by atoms with van der Waals surface area (Å²) in [7, 11) is 0. The molecule has 0 spiro atoms. The van der Waals surface area contributed by atoms with Crippen molar-refractivity contribution < 1.29 is 54.2 Å². The Kier molecular flexibility index (Phi) is 16.2. The number of aromatic amines is 1. The van der Waals surface area contributed by atoms with Crippen molar-refractivity contribution >= 4 is 41.5 Å². The molecule has 8 atom stereocenters. The van der Waals surface area contributed by atoms with Gasteiger partial charge >= 0.3 is 17.7 Å². The highest BCUT2D eigenvalue weighted by molar-refractivity contribution is 7.98. The van der Waals surface area contributed by atoms with Gasteiger partial charge in [-0.2, -0.15) is 11.8 Å². The van der Waals surface area contributed by atoms with Crippen molar-refractivity contribution in [3.05, 3.63) is 92.8 Å². The molecule has 1 aliphatic heterocycles. The number of carboxylic acids is 1. The Morgan fingerprint density at radius 1 is 0.845 bits per heavy atom. The SMILES string of the molecule is CSCC[C@@H](NC(=O)N[C@@H](Cc1cccc(O)c1)C(=O)O)C(=O)N[C@@H](CNC(=O)[C@@H](N)Cc1ccc(O)cc1)C(=O)NC[C@H]1O[C@@H](n2ccc(=O)[nH]c2=O)[C@H](O)[C@@H]1O. The minimum atomic E-state index is -1.66. The summed E-state index contributed by atoms with van der Waals surface area (Å²) in [5.41, 5.74) is 5.49. The summed E-state index contributed by atoms with van der Waals surface area (Å²) < 4.78 is 6.49. The fourth-order valence-electron chi connectivity index (χ4n) is 5.86. The molecule has 58 heavy (non-hydrogen) atoms. The number of H-pyrrole nitrogens is 1. The van der Waals surface area contributed by atoms with Crippen LogP contribution in [0.15, 0.2) is 70.4 Å². The third-order valence-electron chi connectivity index (χ3n) is 8.97. The maximum Gasteiger partial charge on any atom is 0.330 e. The summed E-state index contributed by atoms with van der Waals surface area (Å²) in [5.74, 6) is -3.67. The number of aliphatic carboxylic acids is 1. The Bertz CT molecular complexity index is 2030. The molecule has 2 heterocycles. The standard InChI is InChI=1S/C36H46N8O13S/c1-58-12-10-23(41-35(55)42-24(34(53)54)15-19-3-2-4-21(46)13-19)32(52)40-25(16-38-30(50)22(37)14-18-5-7-20(45)8-6-18)31(51)39-17-26-28(48)29(49)33(57-26)44-11-9-27(47)43-36(44)56/h2-9,11,13,22-26,28-29,33,45-46,48-49H,10,12,14-17,37H2,1H3,(H,38,50)(H,39,51)(H,40,52)(H,53,54)(H2,41,42,55)(H,43,47,56)/t22-,23+,24-,25-,26+,28+,29+,33+/m0/s1. The first-order valence-corrected chi connectivity index (χ1v) is 19.2. The number of hydrogen-bond acceptors (Lipinski definition) is 14. The maximum atomic E-state index is 13.7. The number of aliphatic hydroxyl groups is 2. The molecular formula is C36H46N8O13S. The Balaban J connectivity index is 1.47. The minimum Gasteiger partial charge on any atom is -0.508 e. The van der Waals surface area contributed by atoms with E-state index < -0.39 is 103 Å². The minimum absolute atomic E-state index is 0.00933. The van der Waals surface area contributed by atoms with Crippen LogP contribution in [0.3, 0.4) is 0 Å². The number of hydrogen-bond donors (Lipinski definition) is 12. The maximum absolute atomic E-state index is 13.7. The predicted molar refractivity (Wildman–Crippen MR) is 207 cm³/mol. The zero-order chi connectivity index (χ0) is 42.5. The Morgan fingerprint density at radius 3 is 2.21 bits per heavy atom. The van der Waals surface area contributed by atoms with Crippen LogP contribution in [0.4, 0.5) is 4.79 Å². The summed E-state index contributed by atoms with van der Waals surface area (Å²) >= 11 is 1.33. The van der Waals surface area contributed by atoms with Crippen molar-refractivity contribution in [3.63, 3.8) is 0 Å². The number of aromatic hydroxyl groups is 2. The number of carbonyl (C=O) groups excluding carboxylic acids is 4. The van der Waals surface area contributed by atoms with Crippen LogP contribution >= 0.6 is 11.8 Å². The van der Waals surface area contributed by atoms with Crippen molar-refractivity contribution in [3.8, 4) is 11.5 Å². The van der Waals surface area contributed by atoms with Crippen LogP contribution in [0.25, 0.3) is 0 Å². The number of nitrogens with zero attached hydrogens (tertiary/aromatic N) is 1. The van der Waals surface area contributed by atoms with Gasteiger partial charge in [-0.15, -0.1) is 0 Å². The molecule has 0 bridgehead atoms. The summed E-state index contributed by atoms with van der Waals surface area (Å²) in [6.07, 6.45) is -3.36. The number of aliphatic hydroxyl groups excluding tert-OH is 2. The van der Waals surface area contributed by atoms with Gasteiger partial charge in [-0.1, -0.05) is 24.3 Å². The van der Waals surface area contributed by atoms with E-state index in [1.807, 2.05) is 4.98 Å². The molecule has 13 N–H and O–H groups in total. The van der Waals surface area contributed by atoms with Gasteiger partial charge in [0.05, 0.1) is 6.04 Å². The number of carboxylic acid groups (broad SMARTS) is 1. The van der Waals surface area contributed by atoms with Crippen molar-refractivity contribution in [2.24, 2.45) is 5.73 Å². The second kappa shape index (κ2) is 21.0. The van der Waals surface area contributed by atoms with Gasteiger partial charge in [0.25, 0.3) is 5.56 Å². The number of phenolic OH excluding ortho intramolecular Hbond substituents is 2. The number of carbonyl (C=O) groups is 5. The lowest BCUT2D eigenvalue weighted by atomic mass is 10.1. The molecule has 1 saturated heterocycles. The third kappa shape index (κ3) is 12.8. The molecule has 2 aromatic carbocycles. The third-order valence-corrected chi connectivity index (χ3v) is 9.61. The zero-order valence-electron chi connectivity index (χ0n) is 31.1. The quantitative estimate of drug-likeness (QED) is 0.0572. The average Bonchev–Trinajstić information content (AvgIpc) is 3.45. The van der Waals surface area contributed by atoms with E-state index in [0.717, 1.165) is 16.8 Å².